The van der Waals surface area contributed by atoms with E-state index in [9.17, 15) is 4.79 Å². The maximum atomic E-state index is 12.0. The minimum Gasteiger partial charge on any atom is -0.468 e. The van der Waals surface area contributed by atoms with Crippen LogP contribution in [0.15, 0.2) is 42.5 Å². The summed E-state index contributed by atoms with van der Waals surface area (Å²) in [5.74, 6) is -0.204. The first-order valence-electron chi connectivity index (χ1n) is 7.41. The van der Waals surface area contributed by atoms with Crippen LogP contribution in [0.25, 0.3) is 10.8 Å². The number of carbonyl (C=O) groups is 1. The molecule has 0 heterocycles. The van der Waals surface area contributed by atoms with Gasteiger partial charge < -0.3 is 4.74 Å². The molecular formula is C18H23NO2. The minimum absolute atomic E-state index is 0.204. The normalized spacial score (nSPS) is 13.9. The number of nitrogens with one attached hydrogen (secondary N) is 1. The molecule has 0 spiro atoms. The summed E-state index contributed by atoms with van der Waals surface area (Å²) in [6.07, 6.45) is 1.68. The molecule has 2 aromatic rings. The molecule has 0 bridgehead atoms. The fourth-order valence-electron chi connectivity index (χ4n) is 2.72. The number of benzene rings is 2. The van der Waals surface area contributed by atoms with Gasteiger partial charge in [0.15, 0.2) is 0 Å². The average molecular weight is 285 g/mol. The van der Waals surface area contributed by atoms with Crippen molar-refractivity contribution in [3.05, 3.63) is 48.0 Å². The third kappa shape index (κ3) is 3.42. The molecule has 1 unspecified atom stereocenters. The van der Waals surface area contributed by atoms with Gasteiger partial charge in [0.05, 0.1) is 7.11 Å². The van der Waals surface area contributed by atoms with Gasteiger partial charge in [-0.1, -0.05) is 55.8 Å². The topological polar surface area (TPSA) is 38.3 Å². The molecule has 0 saturated carbocycles. The Morgan fingerprint density at radius 1 is 1.19 bits per heavy atom. The van der Waals surface area contributed by atoms with E-state index in [2.05, 4.69) is 42.6 Å². The highest BCUT2D eigenvalue weighted by molar-refractivity contribution is 5.86. The monoisotopic (exact) mass is 285 g/mol. The largest absolute Gasteiger partial charge is 0.468 e. The van der Waals surface area contributed by atoms with Crippen molar-refractivity contribution in [1.82, 2.24) is 5.32 Å². The molecule has 0 saturated heterocycles. The molecule has 1 atom stereocenters. The zero-order chi connectivity index (χ0) is 15.3. The summed E-state index contributed by atoms with van der Waals surface area (Å²) < 4.78 is 4.94. The Morgan fingerprint density at radius 2 is 1.90 bits per heavy atom. The molecule has 3 heteroatoms. The van der Waals surface area contributed by atoms with Crippen molar-refractivity contribution in [2.75, 3.05) is 7.11 Å². The van der Waals surface area contributed by atoms with E-state index in [0.717, 1.165) is 12.8 Å². The fourth-order valence-corrected chi connectivity index (χ4v) is 2.72. The van der Waals surface area contributed by atoms with Crippen LogP contribution in [-0.2, 0) is 16.1 Å². The van der Waals surface area contributed by atoms with Gasteiger partial charge in [-0.25, -0.2) is 0 Å². The lowest BCUT2D eigenvalue weighted by molar-refractivity contribution is -0.148. The Hall–Kier alpha value is -1.87. The number of hydrogen-bond acceptors (Lipinski definition) is 3. The fraction of sp³-hybridized carbons (Fsp3) is 0.389. The lowest BCUT2D eigenvalue weighted by Gasteiger charge is -2.28. The Balaban J connectivity index is 2.22. The maximum absolute atomic E-state index is 12.0. The molecule has 0 radical (unpaired) electrons. The summed E-state index contributed by atoms with van der Waals surface area (Å²) in [4.78, 5) is 12.0. The molecule has 0 amide bonds. The predicted molar refractivity (Wildman–Crippen MR) is 86.1 cm³/mol. The van der Waals surface area contributed by atoms with Gasteiger partial charge >= 0.3 is 5.97 Å². The number of fused-ring (bicyclic) bond motifs is 1. The second-order valence-corrected chi connectivity index (χ2v) is 5.57. The SMILES string of the molecule is CCCC(C)(NCc1cccc2ccccc12)C(=O)OC. The van der Waals surface area contributed by atoms with Crippen LogP contribution in [0.1, 0.15) is 32.3 Å². The van der Waals surface area contributed by atoms with Gasteiger partial charge in [0.2, 0.25) is 0 Å². The highest BCUT2D eigenvalue weighted by Gasteiger charge is 2.32. The zero-order valence-electron chi connectivity index (χ0n) is 13.0. The van der Waals surface area contributed by atoms with E-state index in [1.807, 2.05) is 19.1 Å². The Bertz CT molecular complexity index is 618. The molecule has 0 aromatic heterocycles. The molecule has 0 aliphatic rings. The molecule has 0 aliphatic heterocycles. The third-order valence-electron chi connectivity index (χ3n) is 3.93. The van der Waals surface area contributed by atoms with Gasteiger partial charge in [0, 0.05) is 6.54 Å². The average Bonchev–Trinajstić information content (AvgIpc) is 2.52. The van der Waals surface area contributed by atoms with Crippen LogP contribution in [0.3, 0.4) is 0 Å². The number of ether oxygens (including phenoxy) is 1. The van der Waals surface area contributed by atoms with Gasteiger partial charge in [0.25, 0.3) is 0 Å². The van der Waals surface area contributed by atoms with Crippen LogP contribution in [-0.4, -0.2) is 18.6 Å². The van der Waals surface area contributed by atoms with Crippen molar-refractivity contribution in [2.45, 2.75) is 38.8 Å². The predicted octanol–water partition coefficient (Wildman–Crippen LogP) is 3.66. The van der Waals surface area contributed by atoms with Crippen molar-refractivity contribution in [2.24, 2.45) is 0 Å². The van der Waals surface area contributed by atoms with Crippen LogP contribution in [0, 0.1) is 0 Å². The molecule has 2 rings (SSSR count). The highest BCUT2D eigenvalue weighted by atomic mass is 16.5. The van der Waals surface area contributed by atoms with E-state index in [4.69, 9.17) is 4.74 Å². The van der Waals surface area contributed by atoms with Crippen LogP contribution in [0.2, 0.25) is 0 Å². The standard InChI is InChI=1S/C18H23NO2/c1-4-12-18(2,17(20)21-3)19-13-15-10-7-9-14-8-5-6-11-16(14)15/h5-11,19H,4,12-13H2,1-3H3. The summed E-state index contributed by atoms with van der Waals surface area (Å²) in [5, 5.41) is 5.82. The summed E-state index contributed by atoms with van der Waals surface area (Å²) >= 11 is 0. The number of rotatable bonds is 6. The van der Waals surface area contributed by atoms with Crippen molar-refractivity contribution >= 4 is 16.7 Å². The second kappa shape index (κ2) is 6.72. The number of methoxy groups -OCH3 is 1. The van der Waals surface area contributed by atoms with Crippen LogP contribution < -0.4 is 5.32 Å². The van der Waals surface area contributed by atoms with Gasteiger partial charge in [-0.2, -0.15) is 0 Å². The van der Waals surface area contributed by atoms with Crippen LogP contribution in [0.4, 0.5) is 0 Å². The Labute approximate surface area is 126 Å². The first-order chi connectivity index (χ1) is 10.1. The Morgan fingerprint density at radius 3 is 2.62 bits per heavy atom. The molecule has 2 aromatic carbocycles. The zero-order valence-corrected chi connectivity index (χ0v) is 13.0. The van der Waals surface area contributed by atoms with Crippen molar-refractivity contribution in [1.29, 1.82) is 0 Å². The second-order valence-electron chi connectivity index (χ2n) is 5.57. The van der Waals surface area contributed by atoms with E-state index in [1.54, 1.807) is 0 Å². The smallest absolute Gasteiger partial charge is 0.325 e. The molecular weight excluding hydrogens is 262 g/mol. The number of carbonyl (C=O) groups excluding carboxylic acids is 1. The Kier molecular flexibility index (Phi) is 4.97. The molecule has 0 aliphatic carbocycles. The molecule has 21 heavy (non-hydrogen) atoms. The van der Waals surface area contributed by atoms with Crippen LogP contribution in [0.5, 0.6) is 0 Å². The van der Waals surface area contributed by atoms with Crippen molar-refractivity contribution in [3.8, 4) is 0 Å². The van der Waals surface area contributed by atoms with Crippen molar-refractivity contribution in [3.63, 3.8) is 0 Å². The summed E-state index contributed by atoms with van der Waals surface area (Å²) in [5.41, 5.74) is 0.555. The number of esters is 1. The van der Waals surface area contributed by atoms with E-state index in [1.165, 1.54) is 23.4 Å². The summed E-state index contributed by atoms with van der Waals surface area (Å²) in [6.45, 7) is 4.63. The van der Waals surface area contributed by atoms with Gasteiger partial charge in [0.1, 0.15) is 5.54 Å². The first kappa shape index (κ1) is 15.5. The summed E-state index contributed by atoms with van der Waals surface area (Å²) in [6, 6.07) is 14.5. The molecule has 112 valence electrons. The third-order valence-corrected chi connectivity index (χ3v) is 3.93. The van der Waals surface area contributed by atoms with E-state index in [0.29, 0.717) is 6.54 Å². The first-order valence-corrected chi connectivity index (χ1v) is 7.41. The maximum Gasteiger partial charge on any atom is 0.325 e. The number of hydrogen-bond donors (Lipinski definition) is 1. The lowest BCUT2D eigenvalue weighted by Crippen LogP contribution is -2.49. The van der Waals surface area contributed by atoms with E-state index < -0.39 is 5.54 Å². The van der Waals surface area contributed by atoms with Gasteiger partial charge in [-0.3, -0.25) is 10.1 Å². The molecule has 1 N–H and O–H groups in total. The summed E-state index contributed by atoms with van der Waals surface area (Å²) in [7, 11) is 1.44. The lowest BCUT2D eigenvalue weighted by atomic mass is 9.95. The molecule has 3 nitrogen and oxygen atoms in total. The van der Waals surface area contributed by atoms with Gasteiger partial charge in [-0.05, 0) is 29.7 Å². The van der Waals surface area contributed by atoms with Gasteiger partial charge in [-0.15, -0.1) is 0 Å². The van der Waals surface area contributed by atoms with Crippen LogP contribution >= 0.6 is 0 Å². The quantitative estimate of drug-likeness (QED) is 0.823. The van der Waals surface area contributed by atoms with E-state index >= 15 is 0 Å². The highest BCUT2D eigenvalue weighted by Crippen LogP contribution is 2.20. The molecule has 0 fully saturated rings. The van der Waals surface area contributed by atoms with E-state index in [-0.39, 0.29) is 5.97 Å². The van der Waals surface area contributed by atoms with Crippen molar-refractivity contribution < 1.29 is 9.53 Å². The minimum atomic E-state index is -0.638.